The maximum absolute atomic E-state index is 12.3. The molecule has 2 N–H and O–H groups in total. The van der Waals surface area contributed by atoms with E-state index in [0.29, 0.717) is 16.3 Å². The highest BCUT2D eigenvalue weighted by atomic mass is 35.5. The largest absolute Gasteiger partial charge is 0.461 e. The van der Waals surface area contributed by atoms with Crippen LogP contribution in [0.3, 0.4) is 0 Å². The molecule has 1 aromatic heterocycles. The number of benzene rings is 1. The number of anilines is 1. The van der Waals surface area contributed by atoms with E-state index in [-0.39, 0.29) is 17.3 Å². The third-order valence-electron chi connectivity index (χ3n) is 2.77. The molecule has 0 aliphatic heterocycles. The van der Waals surface area contributed by atoms with E-state index in [1.54, 1.807) is 26.0 Å². The summed E-state index contributed by atoms with van der Waals surface area (Å²) in [6, 6.07) is 5.96. The van der Waals surface area contributed by atoms with E-state index in [1.807, 2.05) is 0 Å². The Bertz CT molecular complexity index is 801. The van der Waals surface area contributed by atoms with Crippen LogP contribution in [0.5, 0.6) is 0 Å². The van der Waals surface area contributed by atoms with Crippen LogP contribution < -0.4 is 4.72 Å². The molecule has 0 aliphatic rings. The maximum Gasteiger partial charge on any atom is 0.358 e. The molecule has 1 aromatic carbocycles. The first-order valence-electron chi connectivity index (χ1n) is 6.35. The number of carbonyl (C=O) groups is 1. The molecule has 2 aromatic rings. The van der Waals surface area contributed by atoms with Crippen molar-refractivity contribution in [2.24, 2.45) is 0 Å². The summed E-state index contributed by atoms with van der Waals surface area (Å²) in [6.07, 6.45) is 0. The molecule has 7 nitrogen and oxygen atoms in total. The molecule has 0 radical (unpaired) electrons. The van der Waals surface area contributed by atoms with Crippen LogP contribution in [0.25, 0.3) is 0 Å². The second-order valence-electron chi connectivity index (χ2n) is 4.40. The van der Waals surface area contributed by atoms with E-state index < -0.39 is 16.0 Å². The normalized spacial score (nSPS) is 11.2. The lowest BCUT2D eigenvalue weighted by molar-refractivity contribution is 0.0519. The Labute approximate surface area is 132 Å². The highest BCUT2D eigenvalue weighted by molar-refractivity contribution is 7.92. The quantitative estimate of drug-likeness (QED) is 0.811. The van der Waals surface area contributed by atoms with Crippen LogP contribution in [-0.4, -0.2) is 31.2 Å². The number of nitrogens with one attached hydrogen (secondary N) is 2. The van der Waals surface area contributed by atoms with Crippen LogP contribution in [0.2, 0.25) is 5.02 Å². The van der Waals surface area contributed by atoms with E-state index in [9.17, 15) is 13.2 Å². The molecule has 1 heterocycles. The summed E-state index contributed by atoms with van der Waals surface area (Å²) in [5.74, 6) is -0.695. The Kier molecular flexibility index (Phi) is 4.72. The summed E-state index contributed by atoms with van der Waals surface area (Å²) in [4.78, 5) is 11.5. The zero-order valence-corrected chi connectivity index (χ0v) is 13.5. The van der Waals surface area contributed by atoms with Crippen molar-refractivity contribution in [3.8, 4) is 0 Å². The van der Waals surface area contributed by atoms with E-state index in [1.165, 1.54) is 6.07 Å². The average molecular weight is 344 g/mol. The molecule has 0 atom stereocenters. The van der Waals surface area contributed by atoms with Crippen molar-refractivity contribution in [1.82, 2.24) is 10.2 Å². The molecular formula is C13H14ClN3O4S. The number of hydrogen-bond acceptors (Lipinski definition) is 5. The molecule has 22 heavy (non-hydrogen) atoms. The summed E-state index contributed by atoms with van der Waals surface area (Å²) in [5, 5.41) is 6.11. The smallest absolute Gasteiger partial charge is 0.358 e. The highest BCUT2D eigenvalue weighted by Crippen LogP contribution is 2.23. The van der Waals surface area contributed by atoms with Gasteiger partial charge in [-0.3, -0.25) is 9.82 Å². The lowest BCUT2D eigenvalue weighted by Crippen LogP contribution is -2.14. The fourth-order valence-electron chi connectivity index (χ4n) is 1.66. The Hall–Kier alpha value is -2.06. The van der Waals surface area contributed by atoms with Gasteiger partial charge < -0.3 is 4.74 Å². The first kappa shape index (κ1) is 16.3. The van der Waals surface area contributed by atoms with Gasteiger partial charge in [0, 0.05) is 11.1 Å². The fourth-order valence-corrected chi connectivity index (χ4v) is 2.88. The van der Waals surface area contributed by atoms with Gasteiger partial charge in [-0.05, 0) is 31.5 Å². The fraction of sp³-hybridized carbons (Fsp3) is 0.231. The van der Waals surface area contributed by atoms with Crippen LogP contribution in [0.1, 0.15) is 23.0 Å². The number of halogens is 1. The molecule has 0 amide bonds. The second-order valence-corrected chi connectivity index (χ2v) is 6.49. The van der Waals surface area contributed by atoms with E-state index >= 15 is 0 Å². The van der Waals surface area contributed by atoms with Crippen LogP contribution in [-0.2, 0) is 14.8 Å². The van der Waals surface area contributed by atoms with Gasteiger partial charge in [0.1, 0.15) is 0 Å². The SMILES string of the molecule is CCOC(=O)c1cc(S(=O)(=O)Nc2cc(Cl)ccc2C)[nH]n1. The minimum absolute atomic E-state index is 0.106. The molecule has 2 rings (SSSR count). The summed E-state index contributed by atoms with van der Waals surface area (Å²) in [5.41, 5.74) is 0.947. The van der Waals surface area contributed by atoms with Crippen molar-refractivity contribution in [3.63, 3.8) is 0 Å². The summed E-state index contributed by atoms with van der Waals surface area (Å²) in [6.45, 7) is 3.56. The van der Waals surface area contributed by atoms with Gasteiger partial charge in [0.15, 0.2) is 10.7 Å². The van der Waals surface area contributed by atoms with Gasteiger partial charge in [-0.25, -0.2) is 4.79 Å². The van der Waals surface area contributed by atoms with Crippen molar-refractivity contribution in [2.45, 2.75) is 18.9 Å². The Morgan fingerprint density at radius 3 is 2.82 bits per heavy atom. The predicted molar refractivity (Wildman–Crippen MR) is 81.5 cm³/mol. The van der Waals surface area contributed by atoms with Crippen molar-refractivity contribution in [1.29, 1.82) is 0 Å². The summed E-state index contributed by atoms with van der Waals surface area (Å²) < 4.78 is 31.7. The van der Waals surface area contributed by atoms with Crippen molar-refractivity contribution in [2.75, 3.05) is 11.3 Å². The standard InChI is InChI=1S/C13H14ClN3O4S/c1-3-21-13(18)11-7-12(16-15-11)22(19,20)17-10-6-9(14)5-4-8(10)2/h4-7,17H,3H2,1-2H3,(H,15,16). The average Bonchev–Trinajstić information content (AvgIpc) is 2.93. The number of sulfonamides is 1. The minimum atomic E-state index is -3.91. The lowest BCUT2D eigenvalue weighted by atomic mass is 10.2. The number of rotatable bonds is 5. The molecule has 0 aliphatic carbocycles. The molecule has 118 valence electrons. The van der Waals surface area contributed by atoms with Gasteiger partial charge in [-0.1, -0.05) is 17.7 Å². The van der Waals surface area contributed by atoms with Crippen molar-refractivity contribution < 1.29 is 17.9 Å². The van der Waals surface area contributed by atoms with Crippen LogP contribution >= 0.6 is 11.6 Å². The molecule has 0 unspecified atom stereocenters. The first-order valence-corrected chi connectivity index (χ1v) is 8.21. The van der Waals surface area contributed by atoms with Gasteiger partial charge in [0.2, 0.25) is 0 Å². The number of nitrogens with zero attached hydrogens (tertiary/aromatic N) is 1. The van der Waals surface area contributed by atoms with E-state index in [2.05, 4.69) is 14.9 Å². The summed E-state index contributed by atoms with van der Waals surface area (Å²) >= 11 is 5.86. The number of carbonyl (C=O) groups excluding carboxylic acids is 1. The Balaban J connectivity index is 2.27. The number of aromatic nitrogens is 2. The topological polar surface area (TPSA) is 101 Å². The van der Waals surface area contributed by atoms with Crippen molar-refractivity contribution in [3.05, 3.63) is 40.5 Å². The zero-order chi connectivity index (χ0) is 16.3. The number of H-pyrrole nitrogens is 1. The van der Waals surface area contributed by atoms with Crippen LogP contribution in [0.15, 0.2) is 29.3 Å². The first-order chi connectivity index (χ1) is 10.3. The van der Waals surface area contributed by atoms with Gasteiger partial charge in [0.25, 0.3) is 10.0 Å². The van der Waals surface area contributed by atoms with Crippen LogP contribution in [0.4, 0.5) is 5.69 Å². The number of aryl methyl sites for hydroxylation is 1. The zero-order valence-electron chi connectivity index (χ0n) is 11.9. The molecule has 0 saturated carbocycles. The van der Waals surface area contributed by atoms with E-state index in [0.717, 1.165) is 6.07 Å². The molecule has 9 heteroatoms. The second kappa shape index (κ2) is 6.37. The van der Waals surface area contributed by atoms with Gasteiger partial charge in [-0.15, -0.1) is 0 Å². The van der Waals surface area contributed by atoms with Crippen molar-refractivity contribution >= 4 is 33.3 Å². The van der Waals surface area contributed by atoms with Gasteiger partial charge >= 0.3 is 5.97 Å². The number of esters is 1. The maximum atomic E-state index is 12.3. The number of hydrogen-bond donors (Lipinski definition) is 2. The predicted octanol–water partition coefficient (Wildman–Crippen LogP) is 2.35. The molecular weight excluding hydrogens is 330 g/mol. The third-order valence-corrected chi connectivity index (χ3v) is 4.28. The number of ether oxygens (including phenoxy) is 1. The third kappa shape index (κ3) is 3.58. The lowest BCUT2D eigenvalue weighted by Gasteiger charge is -2.09. The minimum Gasteiger partial charge on any atom is -0.461 e. The summed E-state index contributed by atoms with van der Waals surface area (Å²) in [7, 11) is -3.91. The molecule has 0 fully saturated rings. The van der Waals surface area contributed by atoms with Crippen LogP contribution in [0, 0.1) is 6.92 Å². The molecule has 0 spiro atoms. The van der Waals surface area contributed by atoms with Gasteiger partial charge in [0.05, 0.1) is 12.3 Å². The Morgan fingerprint density at radius 1 is 1.41 bits per heavy atom. The Morgan fingerprint density at radius 2 is 2.14 bits per heavy atom. The number of aromatic amines is 1. The monoisotopic (exact) mass is 343 g/mol. The van der Waals surface area contributed by atoms with E-state index in [4.69, 9.17) is 16.3 Å². The highest BCUT2D eigenvalue weighted by Gasteiger charge is 2.21. The molecule has 0 bridgehead atoms. The van der Waals surface area contributed by atoms with Gasteiger partial charge in [-0.2, -0.15) is 13.5 Å². The molecule has 0 saturated heterocycles.